The molecule has 1 aliphatic rings. The van der Waals surface area contributed by atoms with E-state index in [2.05, 4.69) is 5.32 Å². The molecule has 0 aliphatic carbocycles. The van der Waals surface area contributed by atoms with Crippen LogP contribution in [0.1, 0.15) is 23.7 Å². The van der Waals surface area contributed by atoms with E-state index < -0.39 is 18.1 Å². The third-order valence-corrected chi connectivity index (χ3v) is 2.70. The third-order valence-electron chi connectivity index (χ3n) is 2.70. The van der Waals surface area contributed by atoms with Crippen molar-refractivity contribution in [2.45, 2.75) is 25.1 Å². The van der Waals surface area contributed by atoms with E-state index in [0.29, 0.717) is 6.54 Å². The van der Waals surface area contributed by atoms with Gasteiger partial charge < -0.3 is 15.5 Å². The van der Waals surface area contributed by atoms with Gasteiger partial charge in [0.05, 0.1) is 12.5 Å². The van der Waals surface area contributed by atoms with Crippen LogP contribution >= 0.6 is 0 Å². The maximum absolute atomic E-state index is 10.6. The fourth-order valence-corrected chi connectivity index (χ4v) is 1.93. The van der Waals surface area contributed by atoms with Crippen LogP contribution < -0.4 is 5.32 Å². The van der Waals surface area contributed by atoms with Crippen LogP contribution in [-0.2, 0) is 11.3 Å². The van der Waals surface area contributed by atoms with Crippen molar-refractivity contribution in [1.82, 2.24) is 5.32 Å². The second-order valence-corrected chi connectivity index (χ2v) is 3.73. The van der Waals surface area contributed by atoms with Crippen LogP contribution in [0, 0.1) is 0 Å². The van der Waals surface area contributed by atoms with E-state index in [4.69, 9.17) is 5.11 Å². The highest BCUT2D eigenvalue weighted by molar-refractivity contribution is 5.67. The van der Waals surface area contributed by atoms with E-state index in [1.54, 1.807) is 0 Å². The van der Waals surface area contributed by atoms with Crippen molar-refractivity contribution < 1.29 is 15.0 Å². The third kappa shape index (κ3) is 2.00. The number of fused-ring (bicyclic) bond motifs is 1. The van der Waals surface area contributed by atoms with Crippen molar-refractivity contribution in [2.75, 3.05) is 0 Å². The van der Waals surface area contributed by atoms with Gasteiger partial charge in [0.25, 0.3) is 0 Å². The normalized spacial score (nSPS) is 24.6. The zero-order valence-corrected chi connectivity index (χ0v) is 8.18. The molecule has 80 valence electrons. The summed E-state index contributed by atoms with van der Waals surface area (Å²) in [5.41, 5.74) is 1.87. The fourth-order valence-electron chi connectivity index (χ4n) is 1.93. The molecule has 2 rings (SSSR count). The van der Waals surface area contributed by atoms with E-state index >= 15 is 0 Å². The Morgan fingerprint density at radius 2 is 2.20 bits per heavy atom. The number of carboxylic acid groups (broad SMARTS) is 1. The lowest BCUT2D eigenvalue weighted by molar-refractivity contribution is -0.138. The maximum atomic E-state index is 10.6. The minimum atomic E-state index is -0.897. The molecule has 0 bridgehead atoms. The molecule has 1 aliphatic heterocycles. The molecule has 0 unspecified atom stereocenters. The van der Waals surface area contributed by atoms with Crippen LogP contribution in [0.25, 0.3) is 0 Å². The van der Waals surface area contributed by atoms with Crippen LogP contribution in [0.3, 0.4) is 0 Å². The highest BCUT2D eigenvalue weighted by atomic mass is 16.4. The van der Waals surface area contributed by atoms with Crippen LogP contribution in [0.2, 0.25) is 0 Å². The molecule has 0 radical (unpaired) electrons. The molecule has 4 nitrogen and oxygen atoms in total. The summed E-state index contributed by atoms with van der Waals surface area (Å²) in [4.78, 5) is 10.6. The first kappa shape index (κ1) is 10.1. The summed E-state index contributed by atoms with van der Waals surface area (Å²) in [5, 5.41) is 21.7. The number of aliphatic hydroxyl groups is 1. The number of nitrogens with one attached hydrogen (secondary N) is 1. The molecule has 1 aromatic rings. The summed E-state index contributed by atoms with van der Waals surface area (Å²) in [6.07, 6.45) is -0.791. The van der Waals surface area contributed by atoms with Gasteiger partial charge in [-0.3, -0.25) is 4.79 Å². The Bertz CT molecular complexity index is 378. The minimum absolute atomic E-state index is 0.0600. The first-order valence-corrected chi connectivity index (χ1v) is 4.89. The van der Waals surface area contributed by atoms with Crippen molar-refractivity contribution in [3.05, 3.63) is 35.4 Å². The van der Waals surface area contributed by atoms with Gasteiger partial charge in [0.1, 0.15) is 0 Å². The van der Waals surface area contributed by atoms with Gasteiger partial charge in [0, 0.05) is 12.6 Å². The summed E-state index contributed by atoms with van der Waals surface area (Å²) < 4.78 is 0. The molecule has 1 heterocycles. The van der Waals surface area contributed by atoms with E-state index in [9.17, 15) is 9.90 Å². The van der Waals surface area contributed by atoms with E-state index in [1.807, 2.05) is 24.3 Å². The largest absolute Gasteiger partial charge is 0.481 e. The van der Waals surface area contributed by atoms with Crippen molar-refractivity contribution in [3.63, 3.8) is 0 Å². The number of hydrogen-bond donors (Lipinski definition) is 3. The van der Waals surface area contributed by atoms with Crippen LogP contribution in [0.5, 0.6) is 0 Å². The Labute approximate surface area is 87.6 Å². The topological polar surface area (TPSA) is 69.6 Å². The molecule has 0 saturated carbocycles. The Hall–Kier alpha value is -1.39. The van der Waals surface area contributed by atoms with Crippen LogP contribution in [-0.4, -0.2) is 22.2 Å². The SMILES string of the molecule is O=C(O)C[C@H]1NCc2ccccc2[C@@H]1O. The van der Waals surface area contributed by atoms with Crippen molar-refractivity contribution >= 4 is 5.97 Å². The number of hydrogen-bond acceptors (Lipinski definition) is 3. The molecule has 4 heteroatoms. The molecule has 0 amide bonds. The number of carbonyl (C=O) groups is 1. The highest BCUT2D eigenvalue weighted by Crippen LogP contribution is 2.26. The summed E-state index contributed by atoms with van der Waals surface area (Å²) >= 11 is 0. The molecule has 1 aromatic carbocycles. The van der Waals surface area contributed by atoms with Crippen molar-refractivity contribution in [2.24, 2.45) is 0 Å². The molecular formula is C11H13NO3. The van der Waals surface area contributed by atoms with E-state index in [0.717, 1.165) is 11.1 Å². The average Bonchev–Trinajstić information content (AvgIpc) is 2.22. The number of rotatable bonds is 2. The maximum Gasteiger partial charge on any atom is 0.305 e. The minimum Gasteiger partial charge on any atom is -0.481 e. The van der Waals surface area contributed by atoms with E-state index in [-0.39, 0.29) is 6.42 Å². The van der Waals surface area contributed by atoms with Crippen LogP contribution in [0.15, 0.2) is 24.3 Å². The molecule has 2 atom stereocenters. The lowest BCUT2D eigenvalue weighted by atomic mass is 9.91. The molecular weight excluding hydrogens is 194 g/mol. The Morgan fingerprint density at radius 3 is 2.93 bits per heavy atom. The second-order valence-electron chi connectivity index (χ2n) is 3.73. The summed E-state index contributed by atoms with van der Waals surface area (Å²) in [6.45, 7) is 0.616. The lowest BCUT2D eigenvalue weighted by Crippen LogP contribution is -2.40. The van der Waals surface area contributed by atoms with Gasteiger partial charge in [-0.2, -0.15) is 0 Å². The van der Waals surface area contributed by atoms with E-state index in [1.165, 1.54) is 0 Å². The Kier molecular flexibility index (Phi) is 2.70. The predicted molar refractivity (Wildman–Crippen MR) is 54.3 cm³/mol. The highest BCUT2D eigenvalue weighted by Gasteiger charge is 2.28. The Morgan fingerprint density at radius 1 is 1.47 bits per heavy atom. The number of benzene rings is 1. The monoisotopic (exact) mass is 207 g/mol. The first-order valence-electron chi connectivity index (χ1n) is 4.89. The van der Waals surface area contributed by atoms with Gasteiger partial charge in [-0.1, -0.05) is 24.3 Å². The van der Waals surface area contributed by atoms with Gasteiger partial charge in [0.2, 0.25) is 0 Å². The molecule has 0 spiro atoms. The smallest absolute Gasteiger partial charge is 0.305 e. The number of aliphatic hydroxyl groups excluding tert-OH is 1. The zero-order chi connectivity index (χ0) is 10.8. The number of carboxylic acids is 1. The van der Waals surface area contributed by atoms with Gasteiger partial charge in [0.15, 0.2) is 0 Å². The molecule has 3 N–H and O–H groups in total. The van der Waals surface area contributed by atoms with Crippen molar-refractivity contribution in [3.8, 4) is 0 Å². The summed E-state index contributed by atoms with van der Waals surface area (Å²) in [5.74, 6) is -0.897. The fraction of sp³-hybridized carbons (Fsp3) is 0.364. The van der Waals surface area contributed by atoms with Gasteiger partial charge in [-0.15, -0.1) is 0 Å². The average molecular weight is 207 g/mol. The summed E-state index contributed by atoms with van der Waals surface area (Å²) in [7, 11) is 0. The second kappa shape index (κ2) is 4.00. The lowest BCUT2D eigenvalue weighted by Gasteiger charge is -2.30. The zero-order valence-electron chi connectivity index (χ0n) is 8.18. The van der Waals surface area contributed by atoms with Crippen LogP contribution in [0.4, 0.5) is 0 Å². The predicted octanol–water partition coefficient (Wildman–Crippen LogP) is 0.666. The first-order chi connectivity index (χ1) is 7.18. The standard InChI is InChI=1S/C11H13NO3/c13-10(14)5-9-11(15)8-4-2-1-3-7(8)6-12-9/h1-4,9,11-12,15H,5-6H2,(H,13,14)/t9-,11+/m1/s1. The van der Waals surface area contributed by atoms with Crippen molar-refractivity contribution in [1.29, 1.82) is 0 Å². The quantitative estimate of drug-likeness (QED) is 0.666. The molecule has 0 fully saturated rings. The Balaban J connectivity index is 2.22. The molecule has 15 heavy (non-hydrogen) atoms. The number of aliphatic carboxylic acids is 1. The van der Waals surface area contributed by atoms with Gasteiger partial charge in [-0.05, 0) is 11.1 Å². The molecule has 0 aromatic heterocycles. The summed E-state index contributed by atoms with van der Waals surface area (Å²) in [6, 6.07) is 7.14. The van der Waals surface area contributed by atoms with Gasteiger partial charge >= 0.3 is 5.97 Å². The molecule has 0 saturated heterocycles. The van der Waals surface area contributed by atoms with Gasteiger partial charge in [-0.25, -0.2) is 0 Å².